The summed E-state index contributed by atoms with van der Waals surface area (Å²) in [6.07, 6.45) is 3.69. The molecule has 0 radical (unpaired) electrons. The standard InChI is InChI=1S/C7H12O2.C6H10O2/c1-4(2)5-3-6(5)7(8)9;1-5(2)3-4-6(7)8/h4-6H,3H2,1-2H3,(H,8,9);3-5H,1-2H3,(H,7,8)/b;4-3-. The first kappa shape index (κ1) is 15.7. The van der Waals surface area contributed by atoms with Crippen LogP contribution in [0.5, 0.6) is 0 Å². The Morgan fingerprint density at radius 2 is 1.71 bits per heavy atom. The molecular formula is C13H22O4. The summed E-state index contributed by atoms with van der Waals surface area (Å²) in [5.41, 5.74) is 0. The number of carboxylic acids is 2. The van der Waals surface area contributed by atoms with Gasteiger partial charge in [0, 0.05) is 6.08 Å². The van der Waals surface area contributed by atoms with Crippen LogP contribution >= 0.6 is 0 Å². The first-order valence-electron chi connectivity index (χ1n) is 5.89. The van der Waals surface area contributed by atoms with Crippen LogP contribution < -0.4 is 0 Å². The van der Waals surface area contributed by atoms with Gasteiger partial charge in [0.25, 0.3) is 0 Å². The molecule has 1 aliphatic carbocycles. The maximum absolute atomic E-state index is 10.3. The van der Waals surface area contributed by atoms with Crippen molar-refractivity contribution in [2.24, 2.45) is 23.7 Å². The van der Waals surface area contributed by atoms with Crippen molar-refractivity contribution in [2.45, 2.75) is 34.1 Å². The van der Waals surface area contributed by atoms with Crippen LogP contribution in [0.3, 0.4) is 0 Å². The fraction of sp³-hybridized carbons (Fsp3) is 0.692. The molecule has 1 saturated carbocycles. The zero-order valence-corrected chi connectivity index (χ0v) is 10.9. The van der Waals surface area contributed by atoms with Gasteiger partial charge >= 0.3 is 11.9 Å². The van der Waals surface area contributed by atoms with Gasteiger partial charge in [-0.1, -0.05) is 33.8 Å². The van der Waals surface area contributed by atoms with Crippen LogP contribution in [0.25, 0.3) is 0 Å². The summed E-state index contributed by atoms with van der Waals surface area (Å²) in [4.78, 5) is 20.1. The molecule has 1 aliphatic rings. The zero-order valence-electron chi connectivity index (χ0n) is 10.9. The van der Waals surface area contributed by atoms with E-state index < -0.39 is 11.9 Å². The van der Waals surface area contributed by atoms with Crippen molar-refractivity contribution >= 4 is 11.9 Å². The summed E-state index contributed by atoms with van der Waals surface area (Å²) in [6.45, 7) is 8.01. The van der Waals surface area contributed by atoms with Crippen molar-refractivity contribution < 1.29 is 19.8 Å². The summed E-state index contributed by atoms with van der Waals surface area (Å²) in [7, 11) is 0. The largest absolute Gasteiger partial charge is 0.481 e. The van der Waals surface area contributed by atoms with E-state index in [0.29, 0.717) is 17.8 Å². The minimum absolute atomic E-state index is 0.0231. The second-order valence-electron chi connectivity index (χ2n) is 5.03. The monoisotopic (exact) mass is 242 g/mol. The third-order valence-corrected chi connectivity index (χ3v) is 2.64. The van der Waals surface area contributed by atoms with Crippen LogP contribution in [-0.2, 0) is 9.59 Å². The molecule has 0 spiro atoms. The molecule has 0 aromatic rings. The maximum Gasteiger partial charge on any atom is 0.327 e. The molecule has 4 heteroatoms. The Bertz CT molecular complexity index is 292. The molecule has 0 aromatic heterocycles. The van der Waals surface area contributed by atoms with Crippen LogP contribution in [0.15, 0.2) is 12.2 Å². The van der Waals surface area contributed by atoms with E-state index in [1.807, 2.05) is 13.8 Å². The smallest absolute Gasteiger partial charge is 0.327 e. The zero-order chi connectivity index (χ0) is 13.6. The Morgan fingerprint density at radius 3 is 1.82 bits per heavy atom. The van der Waals surface area contributed by atoms with Gasteiger partial charge in [-0.05, 0) is 24.2 Å². The topological polar surface area (TPSA) is 74.6 Å². The average molecular weight is 242 g/mol. The third-order valence-electron chi connectivity index (χ3n) is 2.64. The van der Waals surface area contributed by atoms with Crippen LogP contribution in [0.2, 0.25) is 0 Å². The highest BCUT2D eigenvalue weighted by Gasteiger charge is 2.44. The predicted molar refractivity (Wildman–Crippen MR) is 65.7 cm³/mol. The lowest BCUT2D eigenvalue weighted by Gasteiger charge is -1.97. The second kappa shape index (κ2) is 7.09. The van der Waals surface area contributed by atoms with E-state index in [9.17, 15) is 9.59 Å². The summed E-state index contributed by atoms with van der Waals surface area (Å²) in [6, 6.07) is 0. The molecule has 0 amide bonds. The lowest BCUT2D eigenvalue weighted by atomic mass is 10.1. The fourth-order valence-electron chi connectivity index (χ4n) is 1.51. The molecule has 0 heterocycles. The number of carboxylic acid groups (broad SMARTS) is 2. The van der Waals surface area contributed by atoms with E-state index in [-0.39, 0.29) is 5.92 Å². The van der Waals surface area contributed by atoms with E-state index in [2.05, 4.69) is 13.8 Å². The Kier molecular flexibility index (Phi) is 6.54. The highest BCUT2D eigenvalue weighted by molar-refractivity contribution is 5.79. The van der Waals surface area contributed by atoms with E-state index in [1.54, 1.807) is 6.08 Å². The molecule has 2 unspecified atom stereocenters. The Balaban J connectivity index is 0.000000304. The summed E-state index contributed by atoms with van der Waals surface area (Å²) < 4.78 is 0. The number of aliphatic carboxylic acids is 2. The summed E-state index contributed by atoms with van der Waals surface area (Å²) in [5, 5.41) is 16.5. The van der Waals surface area contributed by atoms with Crippen LogP contribution in [0, 0.1) is 23.7 Å². The first-order valence-corrected chi connectivity index (χ1v) is 5.89. The molecule has 1 fully saturated rings. The maximum atomic E-state index is 10.3. The fourth-order valence-corrected chi connectivity index (χ4v) is 1.51. The van der Waals surface area contributed by atoms with Crippen molar-refractivity contribution in [2.75, 3.05) is 0 Å². The van der Waals surface area contributed by atoms with E-state index in [4.69, 9.17) is 10.2 Å². The molecular weight excluding hydrogens is 220 g/mol. The van der Waals surface area contributed by atoms with Crippen LogP contribution in [0.4, 0.5) is 0 Å². The molecule has 0 bridgehead atoms. The lowest BCUT2D eigenvalue weighted by Crippen LogP contribution is -2.02. The number of hydrogen-bond donors (Lipinski definition) is 2. The van der Waals surface area contributed by atoms with Crippen molar-refractivity contribution in [3.8, 4) is 0 Å². The minimum Gasteiger partial charge on any atom is -0.481 e. The van der Waals surface area contributed by atoms with Crippen LogP contribution in [0.1, 0.15) is 34.1 Å². The molecule has 0 saturated heterocycles. The molecule has 2 atom stereocenters. The number of carbonyl (C=O) groups is 2. The van der Waals surface area contributed by atoms with Crippen molar-refractivity contribution in [1.82, 2.24) is 0 Å². The van der Waals surface area contributed by atoms with Gasteiger partial charge in [0.1, 0.15) is 0 Å². The van der Waals surface area contributed by atoms with Gasteiger partial charge in [-0.25, -0.2) is 4.79 Å². The molecule has 4 nitrogen and oxygen atoms in total. The molecule has 2 N–H and O–H groups in total. The quantitative estimate of drug-likeness (QED) is 0.743. The predicted octanol–water partition coefficient (Wildman–Crippen LogP) is 2.65. The minimum atomic E-state index is -0.876. The van der Waals surface area contributed by atoms with Crippen molar-refractivity contribution in [3.63, 3.8) is 0 Å². The molecule has 0 aliphatic heterocycles. The average Bonchev–Trinajstić information content (AvgIpc) is 2.94. The first-order chi connectivity index (χ1) is 7.75. The number of rotatable bonds is 4. The molecule has 0 aromatic carbocycles. The Morgan fingerprint density at radius 1 is 1.18 bits per heavy atom. The second-order valence-corrected chi connectivity index (χ2v) is 5.03. The molecule has 98 valence electrons. The van der Waals surface area contributed by atoms with Gasteiger partial charge in [0.15, 0.2) is 0 Å². The highest BCUT2D eigenvalue weighted by atomic mass is 16.4. The summed E-state index contributed by atoms with van der Waals surface area (Å²) >= 11 is 0. The number of allylic oxidation sites excluding steroid dienone is 1. The Hall–Kier alpha value is -1.32. The van der Waals surface area contributed by atoms with Gasteiger partial charge < -0.3 is 10.2 Å². The van der Waals surface area contributed by atoms with Gasteiger partial charge in [-0.2, -0.15) is 0 Å². The lowest BCUT2D eigenvalue weighted by molar-refractivity contribution is -0.139. The normalized spacial score (nSPS) is 22.5. The summed E-state index contributed by atoms with van der Waals surface area (Å²) in [5.74, 6) is -0.183. The van der Waals surface area contributed by atoms with Gasteiger partial charge in [0.05, 0.1) is 5.92 Å². The van der Waals surface area contributed by atoms with Crippen molar-refractivity contribution in [1.29, 1.82) is 0 Å². The van der Waals surface area contributed by atoms with Gasteiger partial charge in [-0.15, -0.1) is 0 Å². The molecule has 1 rings (SSSR count). The van der Waals surface area contributed by atoms with Gasteiger partial charge in [-0.3, -0.25) is 4.79 Å². The van der Waals surface area contributed by atoms with Gasteiger partial charge in [0.2, 0.25) is 0 Å². The SMILES string of the molecule is CC(C)/C=C\C(=O)O.CC(C)C1CC1C(=O)O. The third kappa shape index (κ3) is 7.55. The van der Waals surface area contributed by atoms with E-state index >= 15 is 0 Å². The van der Waals surface area contributed by atoms with E-state index in [1.165, 1.54) is 0 Å². The molecule has 17 heavy (non-hydrogen) atoms. The number of hydrogen-bond acceptors (Lipinski definition) is 2. The van der Waals surface area contributed by atoms with Crippen LogP contribution in [-0.4, -0.2) is 22.2 Å². The highest BCUT2D eigenvalue weighted by Crippen LogP contribution is 2.43. The Labute approximate surface area is 102 Å². The van der Waals surface area contributed by atoms with E-state index in [0.717, 1.165) is 12.5 Å². The van der Waals surface area contributed by atoms with Crippen molar-refractivity contribution in [3.05, 3.63) is 12.2 Å².